The fraction of sp³-hybridized carbons (Fsp3) is 0.536. The van der Waals surface area contributed by atoms with Crippen LogP contribution in [-0.2, 0) is 0 Å². The predicted octanol–water partition coefficient (Wildman–Crippen LogP) is 19.0. The molecule has 0 radical (unpaired) electrons. The summed E-state index contributed by atoms with van der Waals surface area (Å²) in [5, 5.41) is 0. The van der Waals surface area contributed by atoms with Gasteiger partial charge in [-0.3, -0.25) is 0 Å². The first kappa shape index (κ1) is 54.7. The Kier molecular flexibility index (Phi) is 38.9. The van der Waals surface area contributed by atoms with Gasteiger partial charge < -0.3 is 0 Å². The van der Waals surface area contributed by atoms with E-state index in [9.17, 15) is 0 Å². The summed E-state index contributed by atoms with van der Waals surface area (Å²) >= 11 is 0. The van der Waals surface area contributed by atoms with Gasteiger partial charge in [0.1, 0.15) is 0 Å². The van der Waals surface area contributed by atoms with Crippen LogP contribution in [0, 0.1) is 31.6 Å². The topological polar surface area (TPSA) is 0 Å². The van der Waals surface area contributed by atoms with Gasteiger partial charge in [0.15, 0.2) is 0 Å². The van der Waals surface area contributed by atoms with Crippen molar-refractivity contribution in [2.75, 3.05) is 0 Å². The molecule has 0 bridgehead atoms. The molecule has 0 fully saturated rings. The van der Waals surface area contributed by atoms with Crippen molar-refractivity contribution in [1.29, 1.82) is 0 Å². The molecule has 56 heavy (non-hydrogen) atoms. The minimum atomic E-state index is 0.680. The molecule has 2 unspecified atom stereocenters. The second-order valence-electron chi connectivity index (χ2n) is 15.3. The molecular weight excluding hydrogens is 673 g/mol. The van der Waals surface area contributed by atoms with E-state index in [1.54, 1.807) is 5.57 Å². The van der Waals surface area contributed by atoms with Crippen molar-refractivity contribution in [2.24, 2.45) is 17.8 Å². The molecule has 2 atom stereocenters. The highest BCUT2D eigenvalue weighted by Gasteiger charge is 2.02. The van der Waals surface area contributed by atoms with E-state index in [0.717, 1.165) is 18.3 Å². The van der Waals surface area contributed by atoms with Crippen molar-refractivity contribution in [3.63, 3.8) is 0 Å². The molecular formula is C56H90. The van der Waals surface area contributed by atoms with Crippen LogP contribution in [0.15, 0.2) is 120 Å². The van der Waals surface area contributed by atoms with Crippen molar-refractivity contribution >= 4 is 12.2 Å². The van der Waals surface area contributed by atoms with Gasteiger partial charge in [-0.2, -0.15) is 0 Å². The molecule has 0 aliphatic heterocycles. The third-order valence-electron chi connectivity index (χ3n) is 10.1. The summed E-state index contributed by atoms with van der Waals surface area (Å²) < 4.78 is 0. The van der Waals surface area contributed by atoms with Crippen molar-refractivity contribution in [3.05, 3.63) is 143 Å². The summed E-state index contributed by atoms with van der Waals surface area (Å²) in [5.41, 5.74) is 8.30. The highest BCUT2D eigenvalue weighted by Crippen LogP contribution is 2.18. The fourth-order valence-electron chi connectivity index (χ4n) is 5.78. The first-order valence-electron chi connectivity index (χ1n) is 22.9. The molecule has 0 heterocycles. The van der Waals surface area contributed by atoms with Gasteiger partial charge in [0.25, 0.3) is 0 Å². The van der Waals surface area contributed by atoms with Crippen LogP contribution in [-0.4, -0.2) is 0 Å². The molecule has 314 valence electrons. The smallest absolute Gasteiger partial charge is 0.0233 e. The molecule has 0 saturated heterocycles. The van der Waals surface area contributed by atoms with Crippen molar-refractivity contribution in [2.45, 2.75) is 180 Å². The van der Waals surface area contributed by atoms with E-state index >= 15 is 0 Å². The molecule has 0 spiro atoms. The van der Waals surface area contributed by atoms with E-state index < -0.39 is 0 Å². The van der Waals surface area contributed by atoms with Crippen LogP contribution < -0.4 is 0 Å². The molecule has 3 aliphatic carbocycles. The normalized spacial score (nSPS) is 16.6. The van der Waals surface area contributed by atoms with E-state index in [4.69, 9.17) is 0 Å². The Balaban J connectivity index is 0. The van der Waals surface area contributed by atoms with Crippen LogP contribution in [0.5, 0.6) is 0 Å². The minimum absolute atomic E-state index is 0.680. The van der Waals surface area contributed by atoms with Crippen LogP contribution in [0.3, 0.4) is 0 Å². The summed E-state index contributed by atoms with van der Waals surface area (Å²) in [6.45, 7) is 27.7. The van der Waals surface area contributed by atoms with E-state index in [2.05, 4.69) is 184 Å². The lowest BCUT2D eigenvalue weighted by Crippen LogP contribution is -1.94. The van der Waals surface area contributed by atoms with Crippen LogP contribution in [0.4, 0.5) is 0 Å². The molecule has 0 aromatic heterocycles. The molecule has 0 N–H and O–H groups in total. The largest absolute Gasteiger partial charge is 0.0887 e. The summed E-state index contributed by atoms with van der Waals surface area (Å²) in [6, 6.07) is 17.5. The zero-order valence-electron chi connectivity index (χ0n) is 39.2. The van der Waals surface area contributed by atoms with Crippen LogP contribution >= 0.6 is 0 Å². The Labute approximate surface area is 351 Å². The Bertz CT molecular complexity index is 1340. The lowest BCUT2D eigenvalue weighted by atomic mass is 9.97. The van der Waals surface area contributed by atoms with Crippen LogP contribution in [0.1, 0.15) is 188 Å². The Morgan fingerprint density at radius 3 is 1.62 bits per heavy atom. The number of aryl methyl sites for hydroxylation is 2. The molecule has 0 heteroatoms. The average molecular weight is 763 g/mol. The van der Waals surface area contributed by atoms with Gasteiger partial charge in [0.2, 0.25) is 0 Å². The monoisotopic (exact) mass is 763 g/mol. The molecule has 0 saturated carbocycles. The number of hydrogen-bond donors (Lipinski definition) is 0. The third kappa shape index (κ3) is 33.9. The van der Waals surface area contributed by atoms with Crippen molar-refractivity contribution in [1.82, 2.24) is 0 Å². The molecule has 2 aromatic rings. The minimum Gasteiger partial charge on any atom is -0.0887 e. The number of rotatable bonds is 9. The first-order valence-corrected chi connectivity index (χ1v) is 22.9. The maximum absolute atomic E-state index is 2.38. The first-order chi connectivity index (χ1) is 27.2. The summed E-state index contributed by atoms with van der Waals surface area (Å²) in [7, 11) is 0. The van der Waals surface area contributed by atoms with E-state index in [1.165, 1.54) is 111 Å². The number of allylic oxidation sites excluding steroid dienone is 12. The average Bonchev–Trinajstić information content (AvgIpc) is 3.50. The fourth-order valence-corrected chi connectivity index (χ4v) is 5.78. The second-order valence-corrected chi connectivity index (χ2v) is 15.3. The maximum atomic E-state index is 2.38. The standard InChI is InChI=1S/C24H30.C8H12.2C7H12.C6H12.2C2H6/c1-4-22(18-19-24-16-12-21(3)13-17-24)8-6-5-7-9-23-14-10-20(2)11-15-23;1-8-6-4-2-3-5-7-8;2*1-7-5-3-2-4-6-7;1-4-6(3)5-2;2*1-2/h7,9-19,22H,4-6,8H2,1-3H3;2-5,8H,6-7H2,1H3;5H,2-4,6H2,1H3;2-3,7H,4-6H2,1H3;4H,5H2,1-3H3;2*1-2H3/b9-7+,19-18+;;;;6-4-;;. The Morgan fingerprint density at radius 1 is 0.696 bits per heavy atom. The molecule has 5 rings (SSSR count). The quantitative estimate of drug-likeness (QED) is 0.176. The van der Waals surface area contributed by atoms with Gasteiger partial charge in [-0.25, -0.2) is 0 Å². The predicted molar refractivity (Wildman–Crippen MR) is 262 cm³/mol. The number of unbranched alkanes of at least 4 members (excludes halogenated alkanes) is 1. The Hall–Kier alpha value is -3.38. The summed E-state index contributed by atoms with van der Waals surface area (Å²) in [5.74, 6) is 2.48. The van der Waals surface area contributed by atoms with Crippen LogP contribution in [0.2, 0.25) is 0 Å². The second kappa shape index (κ2) is 39.8. The maximum Gasteiger partial charge on any atom is -0.0233 e. The zero-order chi connectivity index (χ0) is 42.2. The van der Waals surface area contributed by atoms with Crippen molar-refractivity contribution < 1.29 is 0 Å². The lowest BCUT2D eigenvalue weighted by molar-refractivity contribution is 0.527. The number of benzene rings is 2. The van der Waals surface area contributed by atoms with Gasteiger partial charge in [0, 0.05) is 0 Å². The Morgan fingerprint density at radius 2 is 1.25 bits per heavy atom. The lowest BCUT2D eigenvalue weighted by Gasteiger charge is -2.09. The highest BCUT2D eigenvalue weighted by molar-refractivity contribution is 5.50. The third-order valence-corrected chi connectivity index (χ3v) is 10.1. The van der Waals surface area contributed by atoms with E-state index in [-0.39, 0.29) is 0 Å². The van der Waals surface area contributed by atoms with Gasteiger partial charge in [-0.15, -0.1) is 0 Å². The van der Waals surface area contributed by atoms with Crippen molar-refractivity contribution in [3.8, 4) is 0 Å². The van der Waals surface area contributed by atoms with Gasteiger partial charge in [0.05, 0.1) is 0 Å². The molecule has 3 aliphatic rings. The van der Waals surface area contributed by atoms with Crippen LogP contribution in [0.25, 0.3) is 12.2 Å². The highest BCUT2D eigenvalue weighted by atomic mass is 14.1. The van der Waals surface area contributed by atoms with Gasteiger partial charge in [-0.05, 0) is 153 Å². The molecule has 0 amide bonds. The summed E-state index contributed by atoms with van der Waals surface area (Å²) in [4.78, 5) is 0. The van der Waals surface area contributed by atoms with E-state index in [0.29, 0.717) is 5.92 Å². The zero-order valence-corrected chi connectivity index (χ0v) is 39.2. The van der Waals surface area contributed by atoms with Gasteiger partial charge >= 0.3 is 0 Å². The SMILES string of the molecule is C/C=C(/C)CC.CC.CC.CC1=CCCCC1.CC1CC=CC=CC1.CC1CC=CCC1.CCC(/C=C/c1ccc(C)cc1)CCC/C=C/c1ccc(C)cc1. The van der Waals surface area contributed by atoms with E-state index in [1.807, 2.05) is 27.7 Å². The molecule has 0 nitrogen and oxygen atoms in total. The molecule has 2 aromatic carbocycles. The number of hydrogen-bond acceptors (Lipinski definition) is 0. The van der Waals surface area contributed by atoms with Gasteiger partial charge in [-0.1, -0.05) is 199 Å². The summed E-state index contributed by atoms with van der Waals surface area (Å²) in [6.07, 6.45) is 45.0.